The van der Waals surface area contributed by atoms with Gasteiger partial charge in [0.25, 0.3) is 0 Å². The van der Waals surface area contributed by atoms with E-state index < -0.39 is 0 Å². The maximum Gasteiger partial charge on any atom is 0.155 e. The van der Waals surface area contributed by atoms with Crippen LogP contribution in [-0.2, 0) is 4.79 Å². The van der Waals surface area contributed by atoms with Crippen LogP contribution in [0.5, 0.6) is 0 Å². The van der Waals surface area contributed by atoms with Crippen LogP contribution in [0.15, 0.2) is 11.6 Å². The molecule has 0 fully saturated rings. The van der Waals surface area contributed by atoms with E-state index in [1.165, 1.54) is 12.0 Å². The van der Waals surface area contributed by atoms with Crippen LogP contribution in [-0.4, -0.2) is 5.78 Å². The Bertz CT molecular complexity index is 156. The van der Waals surface area contributed by atoms with Gasteiger partial charge in [0, 0.05) is 6.42 Å². The number of ketones is 1. The first-order chi connectivity index (χ1) is 4.83. The summed E-state index contributed by atoms with van der Waals surface area (Å²) in [5, 5.41) is 0. The first-order valence-corrected chi connectivity index (χ1v) is 4.05. The van der Waals surface area contributed by atoms with Gasteiger partial charge >= 0.3 is 0 Å². The van der Waals surface area contributed by atoms with Crippen LogP contribution in [0.25, 0.3) is 0 Å². The largest absolute Gasteiger partial charge is 0.295 e. The van der Waals surface area contributed by atoms with Crippen molar-refractivity contribution in [1.82, 2.24) is 0 Å². The highest BCUT2D eigenvalue weighted by molar-refractivity contribution is 5.90. The van der Waals surface area contributed by atoms with Gasteiger partial charge in [-0.15, -0.1) is 0 Å². The lowest BCUT2D eigenvalue weighted by molar-refractivity contribution is -0.114. The number of rotatable bonds is 1. The van der Waals surface area contributed by atoms with Crippen molar-refractivity contribution >= 4 is 5.78 Å². The van der Waals surface area contributed by atoms with Crippen molar-refractivity contribution in [3.05, 3.63) is 11.6 Å². The van der Waals surface area contributed by atoms with Gasteiger partial charge in [-0.05, 0) is 31.8 Å². The molecule has 0 aliphatic heterocycles. The Balaban J connectivity index is 2.59. The van der Waals surface area contributed by atoms with E-state index in [1.807, 2.05) is 6.08 Å². The first kappa shape index (κ1) is 7.52. The van der Waals surface area contributed by atoms with Gasteiger partial charge in [-0.1, -0.05) is 12.5 Å². The molecule has 0 radical (unpaired) electrons. The van der Waals surface area contributed by atoms with Gasteiger partial charge in [0.2, 0.25) is 0 Å². The molecule has 0 unspecified atom stereocenters. The summed E-state index contributed by atoms with van der Waals surface area (Å²) < 4.78 is 0. The van der Waals surface area contributed by atoms with Gasteiger partial charge in [0.15, 0.2) is 5.78 Å². The fraction of sp³-hybridized carbons (Fsp3) is 0.667. The molecule has 56 valence electrons. The van der Waals surface area contributed by atoms with Gasteiger partial charge in [-0.2, -0.15) is 0 Å². The second-order valence-electron chi connectivity index (χ2n) is 2.83. The zero-order chi connectivity index (χ0) is 7.40. The average Bonchev–Trinajstić information content (AvgIpc) is 2.13. The third-order valence-electron chi connectivity index (χ3n) is 1.99. The summed E-state index contributed by atoms with van der Waals surface area (Å²) in [5.41, 5.74) is 1.34. The molecule has 0 saturated carbocycles. The number of allylic oxidation sites excluding steroid dienone is 2. The predicted molar refractivity (Wildman–Crippen MR) is 41.8 cm³/mol. The van der Waals surface area contributed by atoms with Gasteiger partial charge in [0.1, 0.15) is 0 Å². The van der Waals surface area contributed by atoms with Crippen molar-refractivity contribution in [3.63, 3.8) is 0 Å². The molecule has 0 aromatic rings. The van der Waals surface area contributed by atoms with E-state index in [1.54, 1.807) is 0 Å². The number of carbonyl (C=O) groups excluding carboxylic acids is 1. The van der Waals surface area contributed by atoms with Crippen molar-refractivity contribution in [2.75, 3.05) is 0 Å². The minimum atomic E-state index is 0.328. The summed E-state index contributed by atoms with van der Waals surface area (Å²) >= 11 is 0. The van der Waals surface area contributed by atoms with Crippen molar-refractivity contribution in [2.45, 2.75) is 39.0 Å². The van der Waals surface area contributed by atoms with Crippen molar-refractivity contribution in [3.8, 4) is 0 Å². The lowest BCUT2D eigenvalue weighted by Gasteiger charge is -1.96. The van der Waals surface area contributed by atoms with Crippen LogP contribution in [0.4, 0.5) is 0 Å². The van der Waals surface area contributed by atoms with E-state index in [0.29, 0.717) is 5.78 Å². The zero-order valence-electron chi connectivity index (χ0n) is 6.52. The maximum atomic E-state index is 11.0. The SMILES string of the molecule is CCC1=CC(=O)CCCC1. The van der Waals surface area contributed by atoms with E-state index in [0.717, 1.165) is 25.7 Å². The molecule has 1 heteroatoms. The van der Waals surface area contributed by atoms with Crippen LogP contribution >= 0.6 is 0 Å². The molecule has 0 atom stereocenters. The molecule has 0 aromatic heterocycles. The molecule has 1 aliphatic carbocycles. The third-order valence-corrected chi connectivity index (χ3v) is 1.99. The van der Waals surface area contributed by atoms with Gasteiger partial charge in [-0.3, -0.25) is 4.79 Å². The highest BCUT2D eigenvalue weighted by Crippen LogP contribution is 2.16. The molecule has 0 saturated heterocycles. The number of hydrogen-bond donors (Lipinski definition) is 0. The quantitative estimate of drug-likeness (QED) is 0.544. The third kappa shape index (κ3) is 1.98. The van der Waals surface area contributed by atoms with E-state index in [9.17, 15) is 4.79 Å². The minimum absolute atomic E-state index is 0.328. The molecule has 1 rings (SSSR count). The summed E-state index contributed by atoms with van der Waals surface area (Å²) in [5.74, 6) is 0.328. The summed E-state index contributed by atoms with van der Waals surface area (Å²) in [7, 11) is 0. The fourth-order valence-electron chi connectivity index (χ4n) is 1.30. The summed E-state index contributed by atoms with van der Waals surface area (Å²) in [6, 6.07) is 0. The molecule has 0 spiro atoms. The monoisotopic (exact) mass is 138 g/mol. The van der Waals surface area contributed by atoms with Crippen LogP contribution < -0.4 is 0 Å². The highest BCUT2D eigenvalue weighted by atomic mass is 16.1. The standard InChI is InChI=1S/C9H14O/c1-2-8-5-3-4-6-9(10)7-8/h7H,2-6H2,1H3. The van der Waals surface area contributed by atoms with Crippen molar-refractivity contribution in [1.29, 1.82) is 0 Å². The Morgan fingerprint density at radius 1 is 1.40 bits per heavy atom. The first-order valence-electron chi connectivity index (χ1n) is 4.05. The molecular weight excluding hydrogens is 124 g/mol. The van der Waals surface area contributed by atoms with Crippen LogP contribution in [0.3, 0.4) is 0 Å². The second kappa shape index (κ2) is 3.55. The molecule has 0 amide bonds. The van der Waals surface area contributed by atoms with Crippen molar-refractivity contribution in [2.24, 2.45) is 0 Å². The second-order valence-corrected chi connectivity index (χ2v) is 2.83. The Hall–Kier alpha value is -0.590. The molecule has 0 aromatic carbocycles. The number of carbonyl (C=O) groups is 1. The van der Waals surface area contributed by atoms with Gasteiger partial charge < -0.3 is 0 Å². The maximum absolute atomic E-state index is 11.0. The van der Waals surface area contributed by atoms with Gasteiger partial charge in [-0.25, -0.2) is 0 Å². The Morgan fingerprint density at radius 2 is 2.10 bits per heavy atom. The van der Waals surface area contributed by atoms with Gasteiger partial charge in [0.05, 0.1) is 0 Å². The molecule has 0 bridgehead atoms. The lowest BCUT2D eigenvalue weighted by atomic mass is 10.1. The van der Waals surface area contributed by atoms with E-state index in [-0.39, 0.29) is 0 Å². The van der Waals surface area contributed by atoms with E-state index in [4.69, 9.17) is 0 Å². The predicted octanol–water partition coefficient (Wildman–Crippen LogP) is 2.47. The zero-order valence-corrected chi connectivity index (χ0v) is 6.52. The Kier molecular flexibility index (Phi) is 2.67. The summed E-state index contributed by atoms with van der Waals surface area (Å²) in [4.78, 5) is 11.0. The summed E-state index contributed by atoms with van der Waals surface area (Å²) in [6.07, 6.45) is 7.08. The molecular formula is C9H14O. The lowest BCUT2D eigenvalue weighted by Crippen LogP contribution is -1.89. The Morgan fingerprint density at radius 3 is 2.80 bits per heavy atom. The molecule has 1 nitrogen and oxygen atoms in total. The van der Waals surface area contributed by atoms with Crippen LogP contribution in [0.2, 0.25) is 0 Å². The minimum Gasteiger partial charge on any atom is -0.295 e. The smallest absolute Gasteiger partial charge is 0.155 e. The average molecular weight is 138 g/mol. The van der Waals surface area contributed by atoms with E-state index in [2.05, 4.69) is 6.92 Å². The topological polar surface area (TPSA) is 17.1 Å². The highest BCUT2D eigenvalue weighted by Gasteiger charge is 2.05. The normalized spacial score (nSPS) is 20.1. The van der Waals surface area contributed by atoms with Crippen LogP contribution in [0.1, 0.15) is 39.0 Å². The fourth-order valence-corrected chi connectivity index (χ4v) is 1.30. The molecule has 10 heavy (non-hydrogen) atoms. The molecule has 1 aliphatic rings. The summed E-state index contributed by atoms with van der Waals surface area (Å²) in [6.45, 7) is 2.12. The Labute approximate surface area is 62.1 Å². The van der Waals surface area contributed by atoms with Crippen molar-refractivity contribution < 1.29 is 4.79 Å². The van der Waals surface area contributed by atoms with E-state index >= 15 is 0 Å². The van der Waals surface area contributed by atoms with Crippen LogP contribution in [0, 0.1) is 0 Å². The molecule has 0 N–H and O–H groups in total. The number of hydrogen-bond acceptors (Lipinski definition) is 1. The molecule has 0 heterocycles.